The van der Waals surface area contributed by atoms with Crippen molar-refractivity contribution >= 4 is 5.91 Å². The Kier molecular flexibility index (Phi) is 5.21. The van der Waals surface area contributed by atoms with E-state index in [0.717, 1.165) is 24.2 Å². The van der Waals surface area contributed by atoms with Crippen LogP contribution in [0.5, 0.6) is 5.75 Å². The van der Waals surface area contributed by atoms with Crippen molar-refractivity contribution in [3.05, 3.63) is 29.8 Å². The van der Waals surface area contributed by atoms with Gasteiger partial charge in [0.05, 0.1) is 6.54 Å². The van der Waals surface area contributed by atoms with E-state index >= 15 is 0 Å². The Morgan fingerprint density at radius 2 is 2.11 bits per heavy atom. The van der Waals surface area contributed by atoms with Crippen LogP contribution >= 0.6 is 0 Å². The van der Waals surface area contributed by atoms with Crippen molar-refractivity contribution in [3.63, 3.8) is 0 Å². The number of hydrogen-bond donors (Lipinski definition) is 1. The molecule has 19 heavy (non-hydrogen) atoms. The van der Waals surface area contributed by atoms with Gasteiger partial charge in [-0.25, -0.2) is 0 Å². The molecule has 1 saturated heterocycles. The number of carbonyl (C=O) groups is 1. The summed E-state index contributed by atoms with van der Waals surface area (Å²) in [5, 5.41) is 2.92. The molecule has 104 valence electrons. The van der Waals surface area contributed by atoms with Crippen LogP contribution in [0.1, 0.15) is 18.4 Å². The van der Waals surface area contributed by atoms with Crippen LogP contribution < -0.4 is 10.1 Å². The second kappa shape index (κ2) is 7.14. The maximum absolute atomic E-state index is 11.9. The Morgan fingerprint density at radius 3 is 2.84 bits per heavy atom. The summed E-state index contributed by atoms with van der Waals surface area (Å²) >= 11 is 0. The number of para-hydroxylation sites is 1. The van der Waals surface area contributed by atoms with Crippen molar-refractivity contribution in [2.75, 3.05) is 26.4 Å². The molecule has 4 nitrogen and oxygen atoms in total. The number of aryl methyl sites for hydroxylation is 1. The first-order valence-corrected chi connectivity index (χ1v) is 6.81. The molecule has 0 aliphatic carbocycles. The van der Waals surface area contributed by atoms with E-state index in [1.54, 1.807) is 0 Å². The summed E-state index contributed by atoms with van der Waals surface area (Å²) in [5.74, 6) is 1.10. The van der Waals surface area contributed by atoms with Crippen LogP contribution in [0.3, 0.4) is 0 Å². The predicted molar refractivity (Wildman–Crippen MR) is 73.2 cm³/mol. The van der Waals surface area contributed by atoms with Crippen molar-refractivity contribution < 1.29 is 14.3 Å². The van der Waals surface area contributed by atoms with Crippen molar-refractivity contribution in [3.8, 4) is 5.75 Å². The van der Waals surface area contributed by atoms with E-state index in [0.29, 0.717) is 26.4 Å². The smallest absolute Gasteiger partial charge is 0.223 e. The lowest BCUT2D eigenvalue weighted by Crippen LogP contribution is -2.36. The van der Waals surface area contributed by atoms with Gasteiger partial charge in [-0.1, -0.05) is 18.2 Å². The number of amides is 1. The minimum atomic E-state index is 0.104. The highest BCUT2D eigenvalue weighted by atomic mass is 16.5. The first-order chi connectivity index (χ1) is 9.27. The zero-order valence-corrected chi connectivity index (χ0v) is 11.4. The van der Waals surface area contributed by atoms with Crippen LogP contribution in [0.25, 0.3) is 0 Å². The molecule has 1 aromatic rings. The molecule has 2 rings (SSSR count). The third-order valence-electron chi connectivity index (χ3n) is 3.34. The van der Waals surface area contributed by atoms with E-state index in [-0.39, 0.29) is 11.8 Å². The topological polar surface area (TPSA) is 47.6 Å². The van der Waals surface area contributed by atoms with Crippen LogP contribution in [0.4, 0.5) is 0 Å². The summed E-state index contributed by atoms with van der Waals surface area (Å²) in [6.45, 7) is 4.44. The van der Waals surface area contributed by atoms with Gasteiger partial charge in [0.25, 0.3) is 0 Å². The molecule has 0 aromatic heterocycles. The van der Waals surface area contributed by atoms with E-state index in [9.17, 15) is 4.79 Å². The maximum atomic E-state index is 11.9. The third-order valence-corrected chi connectivity index (χ3v) is 3.34. The van der Waals surface area contributed by atoms with Gasteiger partial charge in [0.15, 0.2) is 0 Å². The predicted octanol–water partition coefficient (Wildman–Crippen LogP) is 1.92. The van der Waals surface area contributed by atoms with Crippen molar-refractivity contribution in [1.82, 2.24) is 5.32 Å². The highest BCUT2D eigenvalue weighted by Gasteiger charge is 2.20. The normalized spacial score (nSPS) is 16.1. The van der Waals surface area contributed by atoms with Crippen molar-refractivity contribution in [2.24, 2.45) is 5.92 Å². The molecule has 0 atom stereocenters. The third kappa shape index (κ3) is 4.24. The fraction of sp³-hybridized carbons (Fsp3) is 0.533. The van der Waals surface area contributed by atoms with Crippen LogP contribution in [0.15, 0.2) is 24.3 Å². The monoisotopic (exact) mass is 263 g/mol. The quantitative estimate of drug-likeness (QED) is 0.826. The fourth-order valence-electron chi connectivity index (χ4n) is 2.16. The van der Waals surface area contributed by atoms with E-state index in [4.69, 9.17) is 9.47 Å². The molecule has 1 aliphatic rings. The van der Waals surface area contributed by atoms with E-state index in [2.05, 4.69) is 5.32 Å². The summed E-state index contributed by atoms with van der Waals surface area (Å²) < 4.78 is 10.9. The Morgan fingerprint density at radius 1 is 1.37 bits per heavy atom. The van der Waals surface area contributed by atoms with Crippen molar-refractivity contribution in [1.29, 1.82) is 0 Å². The second-order valence-corrected chi connectivity index (χ2v) is 4.79. The van der Waals surface area contributed by atoms with Gasteiger partial charge in [0.1, 0.15) is 12.4 Å². The first kappa shape index (κ1) is 13.9. The first-order valence-electron chi connectivity index (χ1n) is 6.81. The number of carbonyl (C=O) groups excluding carboxylic acids is 1. The summed E-state index contributed by atoms with van der Waals surface area (Å²) in [7, 11) is 0. The minimum Gasteiger partial charge on any atom is -0.491 e. The van der Waals surface area contributed by atoms with Gasteiger partial charge in [0, 0.05) is 19.1 Å². The number of nitrogens with one attached hydrogen (secondary N) is 1. The van der Waals surface area contributed by atoms with Gasteiger partial charge < -0.3 is 14.8 Å². The molecule has 1 aliphatic heterocycles. The molecular formula is C15H21NO3. The van der Waals surface area contributed by atoms with Gasteiger partial charge in [-0.15, -0.1) is 0 Å². The lowest BCUT2D eigenvalue weighted by atomic mass is 9.99. The standard InChI is InChI=1S/C15H21NO3/c1-12-4-2-3-5-14(12)19-11-8-16-15(17)13-6-9-18-10-7-13/h2-5,13H,6-11H2,1H3,(H,16,17). The molecule has 0 saturated carbocycles. The van der Waals surface area contributed by atoms with E-state index < -0.39 is 0 Å². The molecule has 1 heterocycles. The average Bonchev–Trinajstić information content (AvgIpc) is 2.46. The fourth-order valence-corrected chi connectivity index (χ4v) is 2.16. The zero-order valence-electron chi connectivity index (χ0n) is 11.4. The number of benzene rings is 1. The summed E-state index contributed by atoms with van der Waals surface area (Å²) in [4.78, 5) is 11.9. The minimum absolute atomic E-state index is 0.104. The Hall–Kier alpha value is -1.55. The maximum Gasteiger partial charge on any atom is 0.223 e. The molecule has 1 fully saturated rings. The summed E-state index contributed by atoms with van der Waals surface area (Å²) in [6.07, 6.45) is 1.65. The highest BCUT2D eigenvalue weighted by molar-refractivity contribution is 5.78. The molecule has 4 heteroatoms. The molecule has 1 N–H and O–H groups in total. The van der Waals surface area contributed by atoms with Crippen LogP contribution in [0.2, 0.25) is 0 Å². The van der Waals surface area contributed by atoms with Gasteiger partial charge in [-0.3, -0.25) is 4.79 Å². The molecule has 0 bridgehead atoms. The number of rotatable bonds is 5. The number of ether oxygens (including phenoxy) is 2. The van der Waals surface area contributed by atoms with Crippen LogP contribution in [-0.4, -0.2) is 32.3 Å². The second-order valence-electron chi connectivity index (χ2n) is 4.79. The largest absolute Gasteiger partial charge is 0.491 e. The lowest BCUT2D eigenvalue weighted by Gasteiger charge is -2.21. The SMILES string of the molecule is Cc1ccccc1OCCNC(=O)C1CCOCC1. The van der Waals surface area contributed by atoms with E-state index in [1.807, 2.05) is 31.2 Å². The lowest BCUT2D eigenvalue weighted by molar-refractivity contribution is -0.127. The Labute approximate surface area is 114 Å². The highest BCUT2D eigenvalue weighted by Crippen LogP contribution is 2.16. The van der Waals surface area contributed by atoms with Crippen LogP contribution in [0, 0.1) is 12.8 Å². The Balaban J connectivity index is 1.66. The van der Waals surface area contributed by atoms with Gasteiger partial charge in [0.2, 0.25) is 5.91 Å². The molecular weight excluding hydrogens is 242 g/mol. The van der Waals surface area contributed by atoms with Gasteiger partial charge in [-0.2, -0.15) is 0 Å². The molecule has 0 spiro atoms. The molecule has 0 radical (unpaired) electrons. The van der Waals surface area contributed by atoms with Crippen molar-refractivity contribution in [2.45, 2.75) is 19.8 Å². The number of hydrogen-bond acceptors (Lipinski definition) is 3. The molecule has 1 aromatic carbocycles. The molecule has 1 amide bonds. The molecule has 0 unspecified atom stereocenters. The Bertz CT molecular complexity index is 414. The van der Waals surface area contributed by atoms with Crippen LogP contribution in [-0.2, 0) is 9.53 Å². The summed E-state index contributed by atoms with van der Waals surface area (Å²) in [5.41, 5.74) is 1.11. The van der Waals surface area contributed by atoms with Gasteiger partial charge >= 0.3 is 0 Å². The summed E-state index contributed by atoms with van der Waals surface area (Å²) in [6, 6.07) is 7.88. The average molecular weight is 263 g/mol. The zero-order chi connectivity index (χ0) is 13.5. The van der Waals surface area contributed by atoms with Gasteiger partial charge in [-0.05, 0) is 31.4 Å². The van der Waals surface area contributed by atoms with E-state index in [1.165, 1.54) is 0 Å².